The topological polar surface area (TPSA) is 43.6 Å². The average Bonchev–Trinajstić information content (AvgIpc) is 3.69. The molecular formula is C58H42N4Si. The van der Waals surface area contributed by atoms with Crippen molar-refractivity contribution in [2.75, 3.05) is 0 Å². The van der Waals surface area contributed by atoms with Gasteiger partial charge < -0.3 is 4.57 Å². The van der Waals surface area contributed by atoms with E-state index in [2.05, 4.69) is 212 Å². The molecule has 0 saturated heterocycles. The Kier molecular flexibility index (Phi) is 9.72. The van der Waals surface area contributed by atoms with Crippen LogP contribution in [0, 0.1) is 6.92 Å². The van der Waals surface area contributed by atoms with Gasteiger partial charge in [0.15, 0.2) is 25.5 Å². The number of fused-ring (bicyclic) bond motifs is 3. The second-order valence-corrected chi connectivity index (χ2v) is 19.9. The summed E-state index contributed by atoms with van der Waals surface area (Å²) in [5, 5.41) is 7.79. The highest BCUT2D eigenvalue weighted by atomic mass is 28.3. The molecule has 2 heterocycles. The largest absolute Gasteiger partial charge is 0.309 e. The number of hydrogen-bond acceptors (Lipinski definition) is 3. The van der Waals surface area contributed by atoms with Crippen molar-refractivity contribution in [2.45, 2.75) is 6.92 Å². The van der Waals surface area contributed by atoms with E-state index in [1.165, 1.54) is 37.1 Å². The molecule has 0 aliphatic rings. The molecule has 0 saturated carbocycles. The normalized spacial score (nSPS) is 11.6. The van der Waals surface area contributed by atoms with Gasteiger partial charge >= 0.3 is 0 Å². The van der Waals surface area contributed by atoms with Crippen LogP contribution in [0.3, 0.4) is 0 Å². The summed E-state index contributed by atoms with van der Waals surface area (Å²) in [6.45, 7) is 2.16. The predicted octanol–water partition coefficient (Wildman–Crippen LogP) is 11.3. The number of hydrogen-bond donors (Lipinski definition) is 0. The minimum absolute atomic E-state index is 0.609. The molecule has 0 unspecified atom stereocenters. The highest BCUT2D eigenvalue weighted by Gasteiger charge is 2.41. The van der Waals surface area contributed by atoms with E-state index in [9.17, 15) is 0 Å². The van der Waals surface area contributed by atoms with Crippen LogP contribution < -0.4 is 20.7 Å². The zero-order chi connectivity index (χ0) is 42.2. The Morgan fingerprint density at radius 3 is 1.33 bits per heavy atom. The van der Waals surface area contributed by atoms with E-state index in [1.54, 1.807) is 0 Å². The molecule has 2 aromatic heterocycles. The SMILES string of the molecule is Cc1ccc2c(c1)c1ccccc1n2-c1ccc(-c2ccc([Si](c3ccccc3)(c3ccccc3)c3ccccc3)cc2)cc1-c1nc(-c2ccccc2)nc(-c2ccccc2)n1. The molecular weight excluding hydrogens is 781 g/mol. The van der Waals surface area contributed by atoms with E-state index >= 15 is 0 Å². The second-order valence-electron chi connectivity index (χ2n) is 16.1. The quantitative estimate of drug-likeness (QED) is 0.108. The molecule has 0 fully saturated rings. The highest BCUT2D eigenvalue weighted by molar-refractivity contribution is 7.19. The minimum atomic E-state index is -2.70. The van der Waals surface area contributed by atoms with Gasteiger partial charge in [-0.05, 0) is 69.1 Å². The maximum atomic E-state index is 5.30. The Hall–Kier alpha value is -7.99. The number of benzene rings is 9. The van der Waals surface area contributed by atoms with Crippen molar-refractivity contribution in [3.05, 3.63) is 242 Å². The van der Waals surface area contributed by atoms with Crippen LogP contribution in [-0.4, -0.2) is 27.6 Å². The lowest BCUT2D eigenvalue weighted by Gasteiger charge is -2.34. The lowest BCUT2D eigenvalue weighted by Crippen LogP contribution is -2.74. The molecule has 0 amide bonds. The number of rotatable bonds is 9. The first-order valence-electron chi connectivity index (χ1n) is 21.4. The zero-order valence-electron chi connectivity index (χ0n) is 34.8. The van der Waals surface area contributed by atoms with E-state index in [4.69, 9.17) is 15.0 Å². The van der Waals surface area contributed by atoms with Crippen LogP contribution in [0.1, 0.15) is 5.56 Å². The number of aryl methyl sites for hydroxylation is 1. The maximum Gasteiger partial charge on any atom is 0.179 e. The summed E-state index contributed by atoms with van der Waals surface area (Å²) in [4.78, 5) is 15.7. The second kappa shape index (κ2) is 16.1. The first-order valence-corrected chi connectivity index (χ1v) is 23.4. The fraction of sp³-hybridized carbons (Fsp3) is 0.0172. The van der Waals surface area contributed by atoms with Gasteiger partial charge in [0.25, 0.3) is 0 Å². The summed E-state index contributed by atoms with van der Waals surface area (Å²) in [7, 11) is -2.70. The van der Waals surface area contributed by atoms with Crippen molar-refractivity contribution in [3.8, 4) is 51.0 Å². The monoisotopic (exact) mass is 822 g/mol. The lowest BCUT2D eigenvalue weighted by molar-refractivity contribution is 1.06. The Labute approximate surface area is 368 Å². The van der Waals surface area contributed by atoms with E-state index in [0.717, 1.165) is 44.5 Å². The molecule has 0 spiro atoms. The lowest BCUT2D eigenvalue weighted by atomic mass is 10.0. The average molecular weight is 823 g/mol. The van der Waals surface area contributed by atoms with Gasteiger partial charge in [0, 0.05) is 27.5 Å². The molecule has 0 bridgehead atoms. The third-order valence-electron chi connectivity index (χ3n) is 12.3. The third-order valence-corrected chi connectivity index (χ3v) is 17.1. The fourth-order valence-electron chi connectivity index (χ4n) is 9.34. The van der Waals surface area contributed by atoms with Crippen molar-refractivity contribution in [3.63, 3.8) is 0 Å². The first kappa shape index (κ1) is 38.0. The minimum Gasteiger partial charge on any atom is -0.309 e. The molecule has 298 valence electrons. The maximum absolute atomic E-state index is 5.30. The van der Waals surface area contributed by atoms with Crippen LogP contribution in [-0.2, 0) is 0 Å². The van der Waals surface area contributed by atoms with Crippen LogP contribution in [0.15, 0.2) is 237 Å². The summed E-state index contributed by atoms with van der Waals surface area (Å²) < 4.78 is 2.38. The molecule has 11 aromatic rings. The molecule has 63 heavy (non-hydrogen) atoms. The summed E-state index contributed by atoms with van der Waals surface area (Å²) in [5.41, 5.74) is 9.44. The Morgan fingerprint density at radius 1 is 0.333 bits per heavy atom. The standard InChI is InChI=1S/C58H42N4Si/c1-41-31-37-54-51(39-41)50-29-17-18-30-53(50)62(54)55-38-34-45(40-52(55)58-60-56(43-19-7-2-8-20-43)59-57(61-58)44-21-9-3-10-22-44)42-32-35-49(36-33-42)63(46-23-11-4-12-24-46,47-25-13-5-14-26-47)48-27-15-6-16-28-48/h2-40H,1H3. The van der Waals surface area contributed by atoms with Crippen LogP contribution >= 0.6 is 0 Å². The van der Waals surface area contributed by atoms with Gasteiger partial charge in [-0.1, -0.05) is 212 Å². The van der Waals surface area contributed by atoms with E-state index in [-0.39, 0.29) is 0 Å². The van der Waals surface area contributed by atoms with Crippen molar-refractivity contribution < 1.29 is 0 Å². The Bertz CT molecular complexity index is 3220. The van der Waals surface area contributed by atoms with Gasteiger partial charge in [0.2, 0.25) is 0 Å². The van der Waals surface area contributed by atoms with Crippen molar-refractivity contribution in [1.82, 2.24) is 19.5 Å². The Balaban J connectivity index is 1.14. The fourth-order valence-corrected chi connectivity index (χ4v) is 14.1. The van der Waals surface area contributed by atoms with Gasteiger partial charge in [0.05, 0.1) is 16.7 Å². The van der Waals surface area contributed by atoms with E-state index in [1.807, 2.05) is 36.4 Å². The van der Waals surface area contributed by atoms with Gasteiger partial charge in [-0.15, -0.1) is 0 Å². The molecule has 9 aromatic carbocycles. The van der Waals surface area contributed by atoms with E-state index < -0.39 is 8.07 Å². The summed E-state index contributed by atoms with van der Waals surface area (Å²) >= 11 is 0. The summed E-state index contributed by atoms with van der Waals surface area (Å²) in [5.74, 6) is 1.86. The molecule has 0 N–H and O–H groups in total. The molecule has 0 atom stereocenters. The van der Waals surface area contributed by atoms with Gasteiger partial charge in [-0.2, -0.15) is 0 Å². The van der Waals surface area contributed by atoms with Crippen molar-refractivity contribution in [2.24, 2.45) is 0 Å². The summed E-state index contributed by atoms with van der Waals surface area (Å²) in [6, 6.07) is 85.1. The van der Waals surface area contributed by atoms with E-state index in [0.29, 0.717) is 17.5 Å². The van der Waals surface area contributed by atoms with Gasteiger partial charge in [0.1, 0.15) is 0 Å². The highest BCUT2D eigenvalue weighted by Crippen LogP contribution is 2.38. The molecule has 0 aliphatic carbocycles. The third kappa shape index (κ3) is 6.76. The number of aromatic nitrogens is 4. The van der Waals surface area contributed by atoms with Crippen molar-refractivity contribution in [1.29, 1.82) is 0 Å². The van der Waals surface area contributed by atoms with Gasteiger partial charge in [-0.25, -0.2) is 15.0 Å². The van der Waals surface area contributed by atoms with Crippen LogP contribution in [0.2, 0.25) is 0 Å². The van der Waals surface area contributed by atoms with Crippen LogP contribution in [0.5, 0.6) is 0 Å². The molecule has 11 rings (SSSR count). The predicted molar refractivity (Wildman–Crippen MR) is 264 cm³/mol. The summed E-state index contributed by atoms with van der Waals surface area (Å²) in [6.07, 6.45) is 0. The van der Waals surface area contributed by atoms with Crippen LogP contribution in [0.4, 0.5) is 0 Å². The van der Waals surface area contributed by atoms with Gasteiger partial charge in [-0.3, -0.25) is 0 Å². The first-order chi connectivity index (χ1) is 31.1. The molecule has 4 nitrogen and oxygen atoms in total. The molecule has 5 heteroatoms. The zero-order valence-corrected chi connectivity index (χ0v) is 35.8. The Morgan fingerprint density at radius 2 is 0.778 bits per heavy atom. The number of nitrogens with zero attached hydrogens (tertiary/aromatic N) is 4. The smallest absolute Gasteiger partial charge is 0.179 e. The molecule has 0 aliphatic heterocycles. The molecule has 0 radical (unpaired) electrons. The van der Waals surface area contributed by atoms with Crippen LogP contribution in [0.25, 0.3) is 72.8 Å². The number of para-hydroxylation sites is 1. The van der Waals surface area contributed by atoms with Crippen molar-refractivity contribution >= 4 is 50.6 Å².